The van der Waals surface area contributed by atoms with Crippen LogP contribution in [-0.4, -0.2) is 31.1 Å². The van der Waals surface area contributed by atoms with E-state index in [1.807, 2.05) is 0 Å². The number of para-hydroxylation sites is 3. The van der Waals surface area contributed by atoms with Gasteiger partial charge in [0.15, 0.2) is 5.11 Å². The van der Waals surface area contributed by atoms with Gasteiger partial charge in [-0.25, -0.2) is 4.90 Å². The summed E-state index contributed by atoms with van der Waals surface area (Å²) in [5.74, 6) is -0.0696. The Kier molecular flexibility index (Phi) is 4.99. The molecule has 1 aliphatic rings. The minimum absolute atomic E-state index is 0.00155. The molecule has 1 heterocycles. The Balaban J connectivity index is 2.08. The summed E-state index contributed by atoms with van der Waals surface area (Å²) in [4.78, 5) is 26.6. The lowest BCUT2D eigenvalue weighted by Crippen LogP contribution is -2.54. The van der Waals surface area contributed by atoms with Crippen LogP contribution >= 0.6 is 12.2 Å². The molecule has 1 fully saturated rings. The first-order valence-corrected chi connectivity index (χ1v) is 8.15. The van der Waals surface area contributed by atoms with Gasteiger partial charge in [0.25, 0.3) is 11.8 Å². The highest BCUT2D eigenvalue weighted by Gasteiger charge is 2.35. The van der Waals surface area contributed by atoms with E-state index in [0.717, 1.165) is 0 Å². The van der Waals surface area contributed by atoms with Crippen LogP contribution in [0.25, 0.3) is 6.08 Å². The number of hydrogen-bond donors (Lipinski definition) is 1. The highest BCUT2D eigenvalue weighted by atomic mass is 32.1. The molecule has 0 unspecified atom stereocenters. The summed E-state index contributed by atoms with van der Waals surface area (Å²) in [5.41, 5.74) is 1.02. The van der Waals surface area contributed by atoms with Crippen LogP contribution < -0.4 is 19.7 Å². The summed E-state index contributed by atoms with van der Waals surface area (Å²) in [6.45, 7) is 0. The maximum Gasteiger partial charge on any atom is 0.270 e. The van der Waals surface area contributed by atoms with Gasteiger partial charge in [-0.15, -0.1) is 0 Å². The molecule has 7 heteroatoms. The average molecular weight is 368 g/mol. The third-order valence-electron chi connectivity index (χ3n) is 3.87. The van der Waals surface area contributed by atoms with Crippen molar-refractivity contribution in [2.75, 3.05) is 19.1 Å². The van der Waals surface area contributed by atoms with Crippen LogP contribution in [0, 0.1) is 0 Å². The van der Waals surface area contributed by atoms with E-state index in [1.165, 1.54) is 25.2 Å². The van der Waals surface area contributed by atoms with Crippen molar-refractivity contribution < 1.29 is 19.1 Å². The summed E-state index contributed by atoms with van der Waals surface area (Å²) in [5, 5.41) is 2.55. The van der Waals surface area contributed by atoms with Crippen molar-refractivity contribution >= 4 is 40.9 Å². The first kappa shape index (κ1) is 17.6. The number of methoxy groups -OCH3 is 2. The molecule has 6 nitrogen and oxygen atoms in total. The van der Waals surface area contributed by atoms with E-state index >= 15 is 0 Å². The second kappa shape index (κ2) is 7.37. The van der Waals surface area contributed by atoms with Crippen molar-refractivity contribution in [3.8, 4) is 11.5 Å². The van der Waals surface area contributed by atoms with Crippen LogP contribution in [0.1, 0.15) is 5.56 Å². The number of nitrogens with one attached hydrogen (secondary N) is 1. The van der Waals surface area contributed by atoms with Gasteiger partial charge in [-0.1, -0.05) is 30.3 Å². The monoisotopic (exact) mass is 368 g/mol. The van der Waals surface area contributed by atoms with Gasteiger partial charge in [0, 0.05) is 5.56 Å². The highest BCUT2D eigenvalue weighted by molar-refractivity contribution is 7.80. The number of anilines is 1. The predicted octanol–water partition coefficient (Wildman–Crippen LogP) is 2.54. The van der Waals surface area contributed by atoms with Gasteiger partial charge in [0.05, 0.1) is 19.9 Å². The van der Waals surface area contributed by atoms with Crippen LogP contribution in [0.3, 0.4) is 0 Å². The molecule has 2 amide bonds. The summed E-state index contributed by atoms with van der Waals surface area (Å²) in [6, 6.07) is 14.1. The van der Waals surface area contributed by atoms with Gasteiger partial charge < -0.3 is 9.47 Å². The lowest BCUT2D eigenvalue weighted by molar-refractivity contribution is -0.122. The molecule has 2 aromatic carbocycles. The standard InChI is InChI=1S/C19H16N2O4S/c1-24-15-9-5-3-7-12(15)11-13-17(22)20-19(26)21(18(13)23)14-8-4-6-10-16(14)25-2/h3-11H,1-2H3,(H,20,22,26)/b13-11+. The largest absolute Gasteiger partial charge is 0.496 e. The molecular weight excluding hydrogens is 352 g/mol. The lowest BCUT2D eigenvalue weighted by atomic mass is 10.1. The molecule has 0 aromatic heterocycles. The van der Waals surface area contributed by atoms with Gasteiger partial charge in [-0.05, 0) is 36.5 Å². The molecule has 3 rings (SSSR count). The van der Waals surface area contributed by atoms with Crippen LogP contribution in [0.15, 0.2) is 54.1 Å². The summed E-state index contributed by atoms with van der Waals surface area (Å²) >= 11 is 5.20. The van der Waals surface area contributed by atoms with Crippen LogP contribution in [-0.2, 0) is 9.59 Å². The summed E-state index contributed by atoms with van der Waals surface area (Å²) in [6.07, 6.45) is 1.49. The van der Waals surface area contributed by atoms with Crippen molar-refractivity contribution in [1.82, 2.24) is 5.32 Å². The maximum absolute atomic E-state index is 13.0. The molecule has 1 aliphatic heterocycles. The number of nitrogens with zero attached hydrogens (tertiary/aromatic N) is 1. The fourth-order valence-electron chi connectivity index (χ4n) is 2.63. The third-order valence-corrected chi connectivity index (χ3v) is 4.15. The van der Waals surface area contributed by atoms with Gasteiger partial charge in [-0.2, -0.15) is 0 Å². The van der Waals surface area contributed by atoms with Crippen molar-refractivity contribution in [1.29, 1.82) is 0 Å². The van der Waals surface area contributed by atoms with Crippen molar-refractivity contribution in [3.63, 3.8) is 0 Å². The van der Waals surface area contributed by atoms with E-state index in [0.29, 0.717) is 22.7 Å². The topological polar surface area (TPSA) is 67.9 Å². The van der Waals surface area contributed by atoms with Crippen LogP contribution in [0.2, 0.25) is 0 Å². The van der Waals surface area contributed by atoms with E-state index < -0.39 is 11.8 Å². The molecule has 1 N–H and O–H groups in total. The van der Waals surface area contributed by atoms with Gasteiger partial charge in [0.2, 0.25) is 0 Å². The molecule has 132 valence electrons. The number of carbonyl (C=O) groups is 2. The van der Waals surface area contributed by atoms with E-state index in [4.69, 9.17) is 21.7 Å². The Labute approximate surface area is 156 Å². The Morgan fingerprint density at radius 1 is 0.962 bits per heavy atom. The Hall–Kier alpha value is -3.19. The predicted molar refractivity (Wildman–Crippen MR) is 102 cm³/mol. The Morgan fingerprint density at radius 3 is 2.27 bits per heavy atom. The zero-order valence-electron chi connectivity index (χ0n) is 14.2. The van der Waals surface area contributed by atoms with Gasteiger partial charge in [0.1, 0.15) is 17.1 Å². The fraction of sp³-hybridized carbons (Fsp3) is 0.105. The maximum atomic E-state index is 13.0. The normalized spacial score (nSPS) is 15.8. The molecule has 0 atom stereocenters. The number of ether oxygens (including phenoxy) is 2. The van der Waals surface area contributed by atoms with E-state index in [-0.39, 0.29) is 10.7 Å². The first-order chi connectivity index (χ1) is 12.6. The number of rotatable bonds is 4. The van der Waals surface area contributed by atoms with Gasteiger partial charge >= 0.3 is 0 Å². The second-order valence-electron chi connectivity index (χ2n) is 5.37. The molecular formula is C19H16N2O4S. The number of benzene rings is 2. The zero-order chi connectivity index (χ0) is 18.7. The van der Waals surface area contributed by atoms with E-state index in [1.54, 1.807) is 48.5 Å². The average Bonchev–Trinajstić information content (AvgIpc) is 2.65. The minimum Gasteiger partial charge on any atom is -0.496 e. The lowest BCUT2D eigenvalue weighted by Gasteiger charge is -2.29. The van der Waals surface area contributed by atoms with Crippen LogP contribution in [0.5, 0.6) is 11.5 Å². The Morgan fingerprint density at radius 2 is 1.58 bits per heavy atom. The van der Waals surface area contributed by atoms with E-state index in [9.17, 15) is 9.59 Å². The third kappa shape index (κ3) is 3.16. The molecule has 0 aliphatic carbocycles. The molecule has 0 spiro atoms. The smallest absolute Gasteiger partial charge is 0.270 e. The molecule has 0 bridgehead atoms. The molecule has 2 aromatic rings. The highest BCUT2D eigenvalue weighted by Crippen LogP contribution is 2.31. The number of carbonyl (C=O) groups excluding carboxylic acids is 2. The number of amides is 2. The zero-order valence-corrected chi connectivity index (χ0v) is 15.0. The molecule has 1 saturated heterocycles. The molecule has 0 saturated carbocycles. The summed E-state index contributed by atoms with van der Waals surface area (Å²) < 4.78 is 10.6. The molecule has 26 heavy (non-hydrogen) atoms. The SMILES string of the molecule is COc1ccccc1/C=C1\C(=O)NC(=S)N(c2ccccc2OC)C1=O. The van der Waals surface area contributed by atoms with E-state index in [2.05, 4.69) is 5.32 Å². The van der Waals surface area contributed by atoms with Crippen molar-refractivity contribution in [3.05, 3.63) is 59.7 Å². The minimum atomic E-state index is -0.558. The second-order valence-corrected chi connectivity index (χ2v) is 5.76. The number of thiocarbonyl (C=S) groups is 1. The first-order valence-electron chi connectivity index (χ1n) is 7.74. The Bertz CT molecular complexity index is 923. The fourth-order valence-corrected chi connectivity index (χ4v) is 2.91. The van der Waals surface area contributed by atoms with Crippen molar-refractivity contribution in [2.24, 2.45) is 0 Å². The quantitative estimate of drug-likeness (QED) is 0.510. The van der Waals surface area contributed by atoms with Crippen molar-refractivity contribution in [2.45, 2.75) is 0 Å². The van der Waals surface area contributed by atoms with Gasteiger partial charge in [-0.3, -0.25) is 14.9 Å². The van der Waals surface area contributed by atoms with Crippen LogP contribution in [0.4, 0.5) is 5.69 Å². The summed E-state index contributed by atoms with van der Waals surface area (Å²) in [7, 11) is 3.02. The molecule has 0 radical (unpaired) electrons. The number of hydrogen-bond acceptors (Lipinski definition) is 5.